The Morgan fingerprint density at radius 1 is 0.744 bits per heavy atom. The summed E-state index contributed by atoms with van der Waals surface area (Å²) in [5.41, 5.74) is 0.672. The number of benzene rings is 1. The Morgan fingerprint density at radius 2 is 1.26 bits per heavy atom. The van der Waals surface area contributed by atoms with Gasteiger partial charge in [0.1, 0.15) is 0 Å². The number of hydrogen-bond donors (Lipinski definition) is 0. The molecule has 3 saturated carbocycles. The third-order valence-corrected chi connectivity index (χ3v) is 10.2. The Bertz CT molecular complexity index is 941. The lowest BCUT2D eigenvalue weighted by molar-refractivity contribution is -0.247. The van der Waals surface area contributed by atoms with Crippen molar-refractivity contribution in [2.75, 3.05) is 19.8 Å². The summed E-state index contributed by atoms with van der Waals surface area (Å²) in [7, 11) is 0. The van der Waals surface area contributed by atoms with Crippen LogP contribution in [-0.2, 0) is 9.47 Å². The van der Waals surface area contributed by atoms with E-state index < -0.39 is 11.6 Å². The van der Waals surface area contributed by atoms with E-state index in [1.165, 1.54) is 51.4 Å². The fraction of sp³-hybridized carbons (Fsp3) is 0.765. The molecular weight excluding hydrogens is 494 g/mol. The highest BCUT2D eigenvalue weighted by molar-refractivity contribution is 5.33. The second-order valence-electron chi connectivity index (χ2n) is 13.7. The molecule has 5 heteroatoms. The van der Waals surface area contributed by atoms with E-state index in [0.29, 0.717) is 29.9 Å². The average molecular weight is 545 g/mol. The second kappa shape index (κ2) is 13.0. The third kappa shape index (κ3) is 7.25. The maximum absolute atomic E-state index is 14.7. The summed E-state index contributed by atoms with van der Waals surface area (Å²) in [6.07, 6.45) is 19.5. The first kappa shape index (κ1) is 29.0. The van der Waals surface area contributed by atoms with E-state index in [1.54, 1.807) is 19.1 Å². The Hall–Kier alpha value is -1.46. The molecule has 218 valence electrons. The lowest BCUT2D eigenvalue weighted by atomic mass is 9.69. The first-order valence-electron chi connectivity index (χ1n) is 15.8. The molecule has 4 aliphatic rings. The molecule has 3 aliphatic carbocycles. The number of allylic oxidation sites excluding steroid dienone is 2. The van der Waals surface area contributed by atoms with Crippen molar-refractivity contribution < 1.29 is 23.0 Å². The number of ether oxygens (including phenoxy) is 3. The zero-order valence-corrected chi connectivity index (χ0v) is 24.4. The minimum atomic E-state index is -0.837. The Balaban J connectivity index is 1.01. The quantitative estimate of drug-likeness (QED) is 0.320. The topological polar surface area (TPSA) is 27.7 Å². The van der Waals surface area contributed by atoms with Gasteiger partial charge in [-0.25, -0.2) is 4.39 Å². The van der Waals surface area contributed by atoms with E-state index in [0.717, 1.165) is 50.7 Å². The van der Waals surface area contributed by atoms with Gasteiger partial charge in [-0.3, -0.25) is 0 Å². The van der Waals surface area contributed by atoms with E-state index in [9.17, 15) is 8.78 Å². The lowest BCUT2D eigenvalue weighted by Crippen LogP contribution is -2.42. The van der Waals surface area contributed by atoms with Crippen molar-refractivity contribution in [3.8, 4) is 5.75 Å². The summed E-state index contributed by atoms with van der Waals surface area (Å²) in [5.74, 6) is 2.20. The highest BCUT2D eigenvalue weighted by Gasteiger charge is 2.37. The molecule has 4 fully saturated rings. The van der Waals surface area contributed by atoms with Crippen LogP contribution in [0.3, 0.4) is 0 Å². The molecule has 1 aromatic carbocycles. The summed E-state index contributed by atoms with van der Waals surface area (Å²) in [4.78, 5) is 0. The van der Waals surface area contributed by atoms with E-state index >= 15 is 0 Å². The molecule has 0 atom stereocenters. The maximum Gasteiger partial charge on any atom is 0.200 e. The van der Waals surface area contributed by atoms with Crippen molar-refractivity contribution in [3.05, 3.63) is 41.5 Å². The molecule has 39 heavy (non-hydrogen) atoms. The van der Waals surface area contributed by atoms with Crippen LogP contribution in [0.25, 0.3) is 0 Å². The molecule has 0 aromatic heterocycles. The van der Waals surface area contributed by atoms with Gasteiger partial charge in [0.25, 0.3) is 0 Å². The van der Waals surface area contributed by atoms with Gasteiger partial charge >= 0.3 is 0 Å². The van der Waals surface area contributed by atoms with Crippen LogP contribution in [0, 0.1) is 46.6 Å². The lowest BCUT2D eigenvalue weighted by Gasteiger charge is -2.42. The maximum atomic E-state index is 14.7. The molecule has 1 aliphatic heterocycles. The fourth-order valence-electron chi connectivity index (χ4n) is 7.74. The average Bonchev–Trinajstić information content (AvgIpc) is 2.95. The third-order valence-electron chi connectivity index (χ3n) is 10.2. The van der Waals surface area contributed by atoms with E-state index in [1.807, 2.05) is 0 Å². The molecule has 5 rings (SSSR count). The Kier molecular flexibility index (Phi) is 9.70. The fourth-order valence-corrected chi connectivity index (χ4v) is 7.74. The van der Waals surface area contributed by atoms with Crippen molar-refractivity contribution in [1.29, 1.82) is 0 Å². The van der Waals surface area contributed by atoms with Crippen molar-refractivity contribution >= 4 is 0 Å². The van der Waals surface area contributed by atoms with E-state index in [-0.39, 0.29) is 23.4 Å². The molecule has 0 N–H and O–H groups in total. The molecule has 0 bridgehead atoms. The number of hydrogen-bond acceptors (Lipinski definition) is 3. The zero-order valence-electron chi connectivity index (χ0n) is 24.4. The first-order valence-corrected chi connectivity index (χ1v) is 15.8. The van der Waals surface area contributed by atoms with E-state index in [2.05, 4.69) is 26.0 Å². The van der Waals surface area contributed by atoms with Gasteiger partial charge in [-0.1, -0.05) is 32.1 Å². The van der Waals surface area contributed by atoms with Gasteiger partial charge in [-0.05, 0) is 125 Å². The highest BCUT2D eigenvalue weighted by atomic mass is 19.2. The van der Waals surface area contributed by atoms with Gasteiger partial charge in [0.2, 0.25) is 5.82 Å². The molecule has 1 heterocycles. The van der Waals surface area contributed by atoms with Gasteiger partial charge < -0.3 is 14.2 Å². The van der Waals surface area contributed by atoms with Crippen molar-refractivity contribution in [3.63, 3.8) is 0 Å². The van der Waals surface area contributed by atoms with Gasteiger partial charge in [0.15, 0.2) is 17.9 Å². The first-order chi connectivity index (χ1) is 18.8. The van der Waals surface area contributed by atoms with Gasteiger partial charge in [0.05, 0.1) is 19.8 Å². The van der Waals surface area contributed by atoms with Crippen LogP contribution < -0.4 is 4.74 Å². The predicted octanol–water partition coefficient (Wildman–Crippen LogP) is 9.21. The molecule has 0 spiro atoms. The summed E-state index contributed by atoms with van der Waals surface area (Å²) < 4.78 is 46.4. The van der Waals surface area contributed by atoms with Crippen LogP contribution in [0.15, 0.2) is 24.3 Å². The van der Waals surface area contributed by atoms with Crippen molar-refractivity contribution in [2.24, 2.45) is 35.0 Å². The number of halogens is 2. The van der Waals surface area contributed by atoms with E-state index in [4.69, 9.17) is 14.2 Å². The minimum absolute atomic E-state index is 0.0191. The van der Waals surface area contributed by atoms with Gasteiger partial charge in [-0.15, -0.1) is 0 Å². The molecule has 1 aromatic rings. The number of rotatable bonds is 7. The van der Waals surface area contributed by atoms with Crippen LogP contribution in [-0.4, -0.2) is 26.1 Å². The summed E-state index contributed by atoms with van der Waals surface area (Å²) in [5, 5.41) is 0. The van der Waals surface area contributed by atoms with Crippen molar-refractivity contribution in [2.45, 2.75) is 110 Å². The molecule has 3 nitrogen and oxygen atoms in total. The largest absolute Gasteiger partial charge is 0.491 e. The Labute approximate surface area is 235 Å². The molecule has 0 amide bonds. The molecule has 1 saturated heterocycles. The zero-order chi connectivity index (χ0) is 27.4. The summed E-state index contributed by atoms with van der Waals surface area (Å²) in [6.45, 7) is 8.18. The summed E-state index contributed by atoms with van der Waals surface area (Å²) in [6, 6.07) is 3.32. The highest BCUT2D eigenvalue weighted by Crippen LogP contribution is 2.44. The van der Waals surface area contributed by atoms with Crippen LogP contribution in [0.4, 0.5) is 8.78 Å². The molecule has 0 unspecified atom stereocenters. The minimum Gasteiger partial charge on any atom is -0.491 e. The predicted molar refractivity (Wildman–Crippen MR) is 152 cm³/mol. The Morgan fingerprint density at radius 3 is 1.82 bits per heavy atom. The van der Waals surface area contributed by atoms with Crippen LogP contribution in [0.5, 0.6) is 5.75 Å². The van der Waals surface area contributed by atoms with Crippen LogP contribution in [0.2, 0.25) is 0 Å². The van der Waals surface area contributed by atoms with Crippen LogP contribution in [0.1, 0.15) is 109 Å². The van der Waals surface area contributed by atoms with Crippen LogP contribution >= 0.6 is 0 Å². The standard InChI is InChI=1S/C34H50F2O3/c1-4-37-30-20-19-29(31(35)32(30)36)27-13-9-24(10-14-27)6-5-23-7-11-25(12-8-23)26-15-17-28(18-16-26)33-38-21-34(2,3)22-39-33/h5-6,19-20,23-28,33H,4,7-18,21-22H2,1-3H3. The van der Waals surface area contributed by atoms with Gasteiger partial charge in [-0.2, -0.15) is 4.39 Å². The normalized spacial score (nSPS) is 34.3. The second-order valence-corrected chi connectivity index (χ2v) is 13.7. The smallest absolute Gasteiger partial charge is 0.200 e. The SMILES string of the molecule is CCOc1ccc(C2CCC(C=CC3CCC(C4CCC(C5OCC(C)(C)CO5)CC4)CC3)CC2)c(F)c1F. The molecule has 0 radical (unpaired) electrons. The van der Waals surface area contributed by atoms with Gasteiger partial charge in [0, 0.05) is 11.3 Å². The molecular formula is C34H50F2O3. The monoisotopic (exact) mass is 544 g/mol. The van der Waals surface area contributed by atoms with Crippen molar-refractivity contribution in [1.82, 2.24) is 0 Å². The summed E-state index contributed by atoms with van der Waals surface area (Å²) >= 11 is 0.